The summed E-state index contributed by atoms with van der Waals surface area (Å²) in [5.41, 5.74) is 0. The molecular formula is C10H6BrIO. The summed E-state index contributed by atoms with van der Waals surface area (Å²) in [5, 5.41) is 11.7. The lowest BCUT2D eigenvalue weighted by Gasteiger charge is -2.02. The minimum atomic E-state index is 0.366. The van der Waals surface area contributed by atoms with Crippen LogP contribution in [-0.4, -0.2) is 5.11 Å². The van der Waals surface area contributed by atoms with Gasteiger partial charge in [0, 0.05) is 9.86 Å². The van der Waals surface area contributed by atoms with Crippen molar-refractivity contribution in [1.82, 2.24) is 0 Å². The summed E-state index contributed by atoms with van der Waals surface area (Å²) >= 11 is 5.51. The van der Waals surface area contributed by atoms with E-state index in [1.807, 2.05) is 30.3 Å². The highest BCUT2D eigenvalue weighted by Crippen LogP contribution is 2.31. The van der Waals surface area contributed by atoms with Crippen molar-refractivity contribution < 1.29 is 5.11 Å². The smallest absolute Gasteiger partial charge is 0.136 e. The fourth-order valence-corrected chi connectivity index (χ4v) is 2.11. The van der Waals surface area contributed by atoms with Gasteiger partial charge < -0.3 is 5.11 Å². The minimum absolute atomic E-state index is 0.366. The zero-order valence-corrected chi connectivity index (χ0v) is 10.3. The summed E-state index contributed by atoms with van der Waals surface area (Å²) in [4.78, 5) is 0. The molecule has 0 aromatic heterocycles. The number of benzene rings is 2. The van der Waals surface area contributed by atoms with Crippen LogP contribution < -0.4 is 0 Å². The summed E-state index contributed by atoms with van der Waals surface area (Å²) in [6.45, 7) is 0. The number of hydrogen-bond donors (Lipinski definition) is 1. The highest BCUT2D eigenvalue weighted by atomic mass is 127. The number of rotatable bonds is 0. The largest absolute Gasteiger partial charge is 0.506 e. The summed E-state index contributed by atoms with van der Waals surface area (Å²) in [6, 6.07) is 9.74. The van der Waals surface area contributed by atoms with E-state index in [0.717, 1.165) is 18.8 Å². The van der Waals surface area contributed by atoms with Crippen LogP contribution in [0.15, 0.2) is 34.8 Å². The molecule has 0 fully saturated rings. The van der Waals surface area contributed by atoms with Gasteiger partial charge in [-0.2, -0.15) is 0 Å². The van der Waals surface area contributed by atoms with Gasteiger partial charge in [0.05, 0.1) is 3.57 Å². The molecule has 0 aliphatic carbocycles. The van der Waals surface area contributed by atoms with E-state index in [9.17, 15) is 5.11 Å². The Kier molecular flexibility index (Phi) is 2.47. The predicted octanol–water partition coefficient (Wildman–Crippen LogP) is 3.91. The molecule has 2 aromatic carbocycles. The Morgan fingerprint density at radius 1 is 1.15 bits per heavy atom. The third-order valence-corrected chi connectivity index (χ3v) is 3.27. The number of aromatic hydroxyl groups is 1. The fraction of sp³-hybridized carbons (Fsp3) is 0. The van der Waals surface area contributed by atoms with Crippen LogP contribution in [0.25, 0.3) is 10.8 Å². The lowest BCUT2D eigenvalue weighted by Crippen LogP contribution is -1.77. The van der Waals surface area contributed by atoms with Gasteiger partial charge in [0.15, 0.2) is 0 Å². The van der Waals surface area contributed by atoms with Crippen molar-refractivity contribution in [2.45, 2.75) is 0 Å². The molecule has 66 valence electrons. The van der Waals surface area contributed by atoms with Gasteiger partial charge in [0.1, 0.15) is 5.75 Å². The Bertz CT molecular complexity index is 468. The van der Waals surface area contributed by atoms with Gasteiger partial charge in [-0.1, -0.05) is 22.0 Å². The Morgan fingerprint density at radius 3 is 2.69 bits per heavy atom. The molecule has 1 N–H and O–H groups in total. The van der Waals surface area contributed by atoms with Gasteiger partial charge in [-0.15, -0.1) is 0 Å². The van der Waals surface area contributed by atoms with Crippen molar-refractivity contribution in [2.24, 2.45) is 0 Å². The van der Waals surface area contributed by atoms with E-state index in [1.54, 1.807) is 0 Å². The van der Waals surface area contributed by atoms with Gasteiger partial charge in [-0.3, -0.25) is 0 Å². The molecule has 0 aliphatic heterocycles. The maximum absolute atomic E-state index is 9.73. The van der Waals surface area contributed by atoms with Crippen molar-refractivity contribution in [3.8, 4) is 5.75 Å². The van der Waals surface area contributed by atoms with Crippen LogP contribution in [0.3, 0.4) is 0 Å². The fourth-order valence-electron chi connectivity index (χ4n) is 1.26. The lowest BCUT2D eigenvalue weighted by atomic mass is 10.1. The van der Waals surface area contributed by atoms with E-state index >= 15 is 0 Å². The molecule has 1 nitrogen and oxygen atoms in total. The molecular weight excluding hydrogens is 343 g/mol. The average molecular weight is 349 g/mol. The molecule has 0 atom stereocenters. The molecule has 0 radical (unpaired) electrons. The van der Waals surface area contributed by atoms with Crippen LogP contribution in [0.2, 0.25) is 0 Å². The summed E-state index contributed by atoms with van der Waals surface area (Å²) < 4.78 is 1.91. The Balaban J connectivity index is 2.87. The number of phenolic OH excluding ortho intramolecular Hbond substituents is 1. The molecule has 0 saturated carbocycles. The zero-order valence-electron chi connectivity index (χ0n) is 6.59. The van der Waals surface area contributed by atoms with E-state index < -0.39 is 0 Å². The first-order valence-electron chi connectivity index (χ1n) is 3.75. The number of hydrogen-bond acceptors (Lipinski definition) is 1. The average Bonchev–Trinajstić information content (AvgIpc) is 2.12. The first-order valence-corrected chi connectivity index (χ1v) is 5.62. The normalized spacial score (nSPS) is 10.6. The Morgan fingerprint density at radius 2 is 1.92 bits per heavy atom. The van der Waals surface area contributed by atoms with Crippen molar-refractivity contribution in [2.75, 3.05) is 0 Å². The van der Waals surface area contributed by atoms with E-state index in [0.29, 0.717) is 5.75 Å². The van der Waals surface area contributed by atoms with Crippen LogP contribution in [0, 0.1) is 3.57 Å². The molecule has 13 heavy (non-hydrogen) atoms. The maximum Gasteiger partial charge on any atom is 0.136 e. The van der Waals surface area contributed by atoms with Crippen molar-refractivity contribution in [3.05, 3.63) is 38.4 Å². The third kappa shape index (κ3) is 1.67. The second-order valence-corrected chi connectivity index (χ2v) is 4.84. The topological polar surface area (TPSA) is 20.2 Å². The number of fused-ring (bicyclic) bond motifs is 1. The molecule has 0 spiro atoms. The summed E-state index contributed by atoms with van der Waals surface area (Å²) in [7, 11) is 0. The molecule has 0 unspecified atom stereocenters. The van der Waals surface area contributed by atoms with Crippen LogP contribution in [0.5, 0.6) is 5.75 Å². The standard InChI is InChI=1S/C10H6BrIO/c11-7-2-3-8-6(5-7)1-4-9(12)10(8)13/h1-5,13H. The highest BCUT2D eigenvalue weighted by Gasteiger charge is 2.03. The first kappa shape index (κ1) is 9.27. The van der Waals surface area contributed by atoms with Crippen molar-refractivity contribution in [1.29, 1.82) is 0 Å². The molecule has 0 aliphatic rings. The predicted molar refractivity (Wildman–Crippen MR) is 66.0 cm³/mol. The Hall–Kier alpha value is -0.290. The van der Waals surface area contributed by atoms with Crippen LogP contribution in [-0.2, 0) is 0 Å². The number of phenols is 1. The molecule has 0 saturated heterocycles. The molecule has 3 heteroatoms. The SMILES string of the molecule is Oc1c(I)ccc2cc(Br)ccc12. The van der Waals surface area contributed by atoms with Gasteiger partial charge in [0.2, 0.25) is 0 Å². The summed E-state index contributed by atoms with van der Waals surface area (Å²) in [5.74, 6) is 0.366. The summed E-state index contributed by atoms with van der Waals surface area (Å²) in [6.07, 6.45) is 0. The maximum atomic E-state index is 9.73. The third-order valence-electron chi connectivity index (χ3n) is 1.90. The molecule has 0 bridgehead atoms. The van der Waals surface area contributed by atoms with E-state index in [2.05, 4.69) is 38.5 Å². The first-order chi connectivity index (χ1) is 6.18. The molecule has 2 rings (SSSR count). The van der Waals surface area contributed by atoms with E-state index in [1.165, 1.54) is 0 Å². The van der Waals surface area contributed by atoms with Gasteiger partial charge >= 0.3 is 0 Å². The quantitative estimate of drug-likeness (QED) is 0.715. The molecule has 2 aromatic rings. The van der Waals surface area contributed by atoms with E-state index in [-0.39, 0.29) is 0 Å². The monoisotopic (exact) mass is 348 g/mol. The van der Waals surface area contributed by atoms with Crippen molar-refractivity contribution in [3.63, 3.8) is 0 Å². The highest BCUT2D eigenvalue weighted by molar-refractivity contribution is 14.1. The van der Waals surface area contributed by atoms with Crippen LogP contribution in [0.1, 0.15) is 0 Å². The minimum Gasteiger partial charge on any atom is -0.506 e. The van der Waals surface area contributed by atoms with E-state index in [4.69, 9.17) is 0 Å². The molecule has 0 amide bonds. The van der Waals surface area contributed by atoms with Gasteiger partial charge in [0.25, 0.3) is 0 Å². The van der Waals surface area contributed by atoms with Gasteiger partial charge in [-0.25, -0.2) is 0 Å². The number of halogens is 2. The van der Waals surface area contributed by atoms with Crippen molar-refractivity contribution >= 4 is 49.3 Å². The zero-order chi connectivity index (χ0) is 9.42. The van der Waals surface area contributed by atoms with Crippen LogP contribution >= 0.6 is 38.5 Å². The van der Waals surface area contributed by atoms with Gasteiger partial charge in [-0.05, 0) is 52.2 Å². The Labute approximate surface area is 98.0 Å². The second-order valence-electron chi connectivity index (χ2n) is 2.76. The lowest BCUT2D eigenvalue weighted by molar-refractivity contribution is 0.478. The molecule has 0 heterocycles. The second kappa shape index (κ2) is 3.46. The van der Waals surface area contributed by atoms with Crippen LogP contribution in [0.4, 0.5) is 0 Å².